The Morgan fingerprint density at radius 3 is 1.90 bits per heavy atom. The number of hydrogen-bond acceptors (Lipinski definition) is 0. The monoisotopic (exact) mass is 144 g/mol. The van der Waals surface area contributed by atoms with E-state index in [-0.39, 0.29) is 5.82 Å². The Kier molecular flexibility index (Phi) is 4.46. The van der Waals surface area contributed by atoms with Crippen molar-refractivity contribution in [1.82, 2.24) is 0 Å². The molecule has 1 rings (SSSR count). The summed E-state index contributed by atoms with van der Waals surface area (Å²) >= 11 is 0. The van der Waals surface area contributed by atoms with Crippen LogP contribution in [0.3, 0.4) is 0 Å². The van der Waals surface area contributed by atoms with Crippen LogP contribution in [0, 0.1) is 12.7 Å². The van der Waals surface area contributed by atoms with Crippen LogP contribution < -0.4 is 0 Å². The van der Waals surface area contributed by atoms with Gasteiger partial charge in [-0.1, -0.05) is 18.2 Å². The van der Waals surface area contributed by atoms with E-state index in [1.807, 2.05) is 6.07 Å². The van der Waals surface area contributed by atoms with Gasteiger partial charge in [0.25, 0.3) is 0 Å². The molecule has 0 aliphatic carbocycles. The van der Waals surface area contributed by atoms with Gasteiger partial charge in [0, 0.05) is 0 Å². The minimum atomic E-state index is -0.132. The van der Waals surface area contributed by atoms with E-state index >= 15 is 0 Å². The molecule has 0 saturated carbocycles. The summed E-state index contributed by atoms with van der Waals surface area (Å²) in [7, 11) is 0.500. The van der Waals surface area contributed by atoms with Gasteiger partial charge in [0.2, 0.25) is 0 Å². The highest BCUT2D eigenvalue weighted by molar-refractivity contribution is 5.14. The fourth-order valence-electron chi connectivity index (χ4n) is 0.551. The summed E-state index contributed by atoms with van der Waals surface area (Å²) in [6, 6.07) is 6.70. The Balaban J connectivity index is 0.000000371. The quantitative estimate of drug-likeness (QED) is 0.525. The normalized spacial score (nSPS) is 8.00. The van der Waals surface area contributed by atoms with E-state index in [1.54, 1.807) is 19.1 Å². The molecular weight excluding hydrogens is 134 g/mol. The fourth-order valence-corrected chi connectivity index (χ4v) is 0.551. The van der Waals surface area contributed by atoms with E-state index in [2.05, 4.69) is 0 Å². The molecule has 0 unspecified atom stereocenters. The standard InChI is InChI=1S/C7H7F.CH3F/c1-6-4-2-3-5-7(6)8;1-2/h2-5H,1H3;1H3. The zero-order valence-electron chi connectivity index (χ0n) is 6.07. The molecule has 0 aliphatic rings. The van der Waals surface area contributed by atoms with Crippen molar-refractivity contribution >= 4 is 0 Å². The van der Waals surface area contributed by atoms with Crippen molar-refractivity contribution < 1.29 is 8.78 Å². The minimum Gasteiger partial charge on any atom is -0.255 e. The molecule has 0 saturated heterocycles. The van der Waals surface area contributed by atoms with Crippen molar-refractivity contribution in [2.75, 3.05) is 7.18 Å². The summed E-state index contributed by atoms with van der Waals surface area (Å²) < 4.78 is 21.8. The average molecular weight is 144 g/mol. The maximum Gasteiger partial charge on any atom is 0.126 e. The molecule has 0 fully saturated rings. The number of aryl methyl sites for hydroxylation is 1. The lowest BCUT2D eigenvalue weighted by molar-refractivity contribution is 0.618. The van der Waals surface area contributed by atoms with Crippen molar-refractivity contribution in [1.29, 1.82) is 0 Å². The second kappa shape index (κ2) is 4.91. The predicted octanol–water partition coefficient (Wildman–Crippen LogP) is 2.72. The van der Waals surface area contributed by atoms with Crippen LogP contribution in [0.1, 0.15) is 5.56 Å². The second-order valence-electron chi connectivity index (χ2n) is 1.75. The van der Waals surface area contributed by atoms with Crippen LogP contribution >= 0.6 is 0 Å². The van der Waals surface area contributed by atoms with Gasteiger partial charge in [-0.2, -0.15) is 0 Å². The predicted molar refractivity (Wildman–Crippen MR) is 38.2 cm³/mol. The number of benzene rings is 1. The lowest BCUT2D eigenvalue weighted by atomic mass is 10.2. The number of rotatable bonds is 0. The highest BCUT2D eigenvalue weighted by Crippen LogP contribution is 2.01. The van der Waals surface area contributed by atoms with Crippen molar-refractivity contribution in [2.24, 2.45) is 0 Å². The van der Waals surface area contributed by atoms with Crippen molar-refractivity contribution in [3.05, 3.63) is 35.6 Å². The molecule has 2 heteroatoms. The first kappa shape index (κ1) is 9.08. The van der Waals surface area contributed by atoms with Gasteiger partial charge in [-0.15, -0.1) is 0 Å². The summed E-state index contributed by atoms with van der Waals surface area (Å²) in [6.07, 6.45) is 0. The van der Waals surface area contributed by atoms with E-state index in [0.29, 0.717) is 12.7 Å². The Labute approximate surface area is 59.5 Å². The Hall–Kier alpha value is -0.920. The SMILES string of the molecule is CF.Cc1ccccc1F. The van der Waals surface area contributed by atoms with Gasteiger partial charge in [-0.3, -0.25) is 4.39 Å². The lowest BCUT2D eigenvalue weighted by Gasteiger charge is -1.89. The number of hydrogen-bond donors (Lipinski definition) is 0. The van der Waals surface area contributed by atoms with Crippen LogP contribution in [-0.4, -0.2) is 7.18 Å². The van der Waals surface area contributed by atoms with Gasteiger partial charge in [0.05, 0.1) is 7.18 Å². The summed E-state index contributed by atoms with van der Waals surface area (Å²) in [5.41, 5.74) is 0.701. The highest BCUT2D eigenvalue weighted by atomic mass is 19.1. The molecule has 0 nitrogen and oxygen atoms in total. The van der Waals surface area contributed by atoms with Gasteiger partial charge in [0.15, 0.2) is 0 Å². The summed E-state index contributed by atoms with van der Waals surface area (Å²) in [4.78, 5) is 0. The topological polar surface area (TPSA) is 0 Å². The molecule has 0 heterocycles. The van der Waals surface area contributed by atoms with Crippen LogP contribution in [-0.2, 0) is 0 Å². The van der Waals surface area contributed by atoms with Crippen molar-refractivity contribution in [3.8, 4) is 0 Å². The molecule has 0 N–H and O–H groups in total. The third-order valence-electron chi connectivity index (χ3n) is 1.08. The highest BCUT2D eigenvalue weighted by Gasteiger charge is 1.88. The van der Waals surface area contributed by atoms with Crippen LogP contribution in [0.25, 0.3) is 0 Å². The smallest absolute Gasteiger partial charge is 0.126 e. The Bertz CT molecular complexity index is 163. The summed E-state index contributed by atoms with van der Waals surface area (Å²) in [5, 5.41) is 0. The van der Waals surface area contributed by atoms with Gasteiger partial charge < -0.3 is 0 Å². The molecule has 0 aliphatic heterocycles. The maximum atomic E-state index is 12.3. The molecule has 1 aromatic carbocycles. The van der Waals surface area contributed by atoms with E-state index in [4.69, 9.17) is 0 Å². The molecule has 1 aromatic rings. The van der Waals surface area contributed by atoms with Gasteiger partial charge in [-0.05, 0) is 18.6 Å². The van der Waals surface area contributed by atoms with E-state index in [1.165, 1.54) is 6.07 Å². The molecule has 10 heavy (non-hydrogen) atoms. The minimum absolute atomic E-state index is 0.132. The molecule has 0 spiro atoms. The largest absolute Gasteiger partial charge is 0.255 e. The first-order valence-corrected chi connectivity index (χ1v) is 2.89. The third-order valence-corrected chi connectivity index (χ3v) is 1.08. The van der Waals surface area contributed by atoms with Gasteiger partial charge >= 0.3 is 0 Å². The van der Waals surface area contributed by atoms with Crippen molar-refractivity contribution in [3.63, 3.8) is 0 Å². The average Bonchev–Trinajstić information content (AvgIpc) is 2.00. The number of alkyl halides is 1. The van der Waals surface area contributed by atoms with Crippen LogP contribution in [0.2, 0.25) is 0 Å². The van der Waals surface area contributed by atoms with Crippen LogP contribution in [0.5, 0.6) is 0 Å². The summed E-state index contributed by atoms with van der Waals surface area (Å²) in [5.74, 6) is -0.132. The molecular formula is C8H10F2. The summed E-state index contributed by atoms with van der Waals surface area (Å²) in [6.45, 7) is 1.75. The van der Waals surface area contributed by atoms with Gasteiger partial charge in [-0.25, -0.2) is 4.39 Å². The zero-order valence-corrected chi connectivity index (χ0v) is 6.07. The van der Waals surface area contributed by atoms with E-state index in [0.717, 1.165) is 0 Å². The van der Waals surface area contributed by atoms with Gasteiger partial charge in [0.1, 0.15) is 5.82 Å². The Morgan fingerprint density at radius 2 is 1.60 bits per heavy atom. The molecule has 0 amide bonds. The number of halogens is 2. The second-order valence-corrected chi connectivity index (χ2v) is 1.75. The van der Waals surface area contributed by atoms with E-state index < -0.39 is 0 Å². The molecule has 0 atom stereocenters. The molecule has 0 radical (unpaired) electrons. The maximum absolute atomic E-state index is 12.3. The lowest BCUT2D eigenvalue weighted by Crippen LogP contribution is -1.76. The van der Waals surface area contributed by atoms with E-state index in [9.17, 15) is 8.78 Å². The van der Waals surface area contributed by atoms with Crippen molar-refractivity contribution in [2.45, 2.75) is 6.92 Å². The van der Waals surface area contributed by atoms with Crippen LogP contribution in [0.15, 0.2) is 24.3 Å². The van der Waals surface area contributed by atoms with Crippen LogP contribution in [0.4, 0.5) is 8.78 Å². The first-order chi connectivity index (χ1) is 4.80. The molecule has 0 aromatic heterocycles. The zero-order chi connectivity index (χ0) is 7.98. The fraction of sp³-hybridized carbons (Fsp3) is 0.250. The Morgan fingerprint density at radius 1 is 1.10 bits per heavy atom. The molecule has 0 bridgehead atoms. The first-order valence-electron chi connectivity index (χ1n) is 2.89. The third kappa shape index (κ3) is 2.58. The molecule has 56 valence electrons.